The van der Waals surface area contributed by atoms with Crippen molar-refractivity contribution in [3.63, 3.8) is 0 Å². The van der Waals surface area contributed by atoms with E-state index in [9.17, 15) is 26.7 Å². The fraction of sp³-hybridized carbons (Fsp3) is 0.350. The summed E-state index contributed by atoms with van der Waals surface area (Å²) in [5.41, 5.74) is -3.54. The number of alkyl halides is 3. The van der Waals surface area contributed by atoms with Gasteiger partial charge in [0.2, 0.25) is 0 Å². The minimum absolute atomic E-state index is 0.0266. The minimum atomic E-state index is -5.46. The second kappa shape index (κ2) is 7.16. The molecular formula is C20H20ClF3N2O3S. The molecule has 1 atom stereocenters. The van der Waals surface area contributed by atoms with Gasteiger partial charge >= 0.3 is 5.51 Å². The number of aromatic hydroxyl groups is 1. The van der Waals surface area contributed by atoms with Crippen molar-refractivity contribution < 1.29 is 26.7 Å². The summed E-state index contributed by atoms with van der Waals surface area (Å²) in [6, 6.07) is 4.74. The smallest absolute Gasteiger partial charge is 0.501 e. The molecule has 1 aliphatic heterocycles. The van der Waals surface area contributed by atoms with Crippen LogP contribution in [0.15, 0.2) is 34.2 Å². The van der Waals surface area contributed by atoms with E-state index in [-0.39, 0.29) is 11.3 Å². The number of phenols is 1. The van der Waals surface area contributed by atoms with Crippen molar-refractivity contribution >= 4 is 33.3 Å². The number of rotatable bonds is 2. The number of fused-ring (bicyclic) bond motifs is 1. The lowest BCUT2D eigenvalue weighted by Crippen LogP contribution is -2.24. The topological polar surface area (TPSA) is 78.8 Å². The van der Waals surface area contributed by atoms with Crippen molar-refractivity contribution in [2.75, 3.05) is 5.32 Å². The van der Waals surface area contributed by atoms with E-state index in [2.05, 4.69) is 10.3 Å². The molecule has 3 rings (SSSR count). The monoisotopic (exact) mass is 460 g/mol. The van der Waals surface area contributed by atoms with E-state index in [1.165, 1.54) is 12.3 Å². The Morgan fingerprint density at radius 1 is 1.17 bits per heavy atom. The normalized spacial score (nSPS) is 16.9. The van der Waals surface area contributed by atoms with Crippen LogP contribution in [-0.2, 0) is 15.3 Å². The van der Waals surface area contributed by atoms with Crippen LogP contribution in [0.3, 0.4) is 0 Å². The van der Waals surface area contributed by atoms with E-state index in [0.29, 0.717) is 27.4 Å². The molecule has 0 saturated heterocycles. The number of phenolic OH excluding ortho intramolecular Hbond substituents is 1. The fourth-order valence-corrected chi connectivity index (χ4v) is 4.23. The highest BCUT2D eigenvalue weighted by molar-refractivity contribution is 7.92. The quantitative estimate of drug-likeness (QED) is 0.621. The first-order chi connectivity index (χ1) is 13.6. The minimum Gasteiger partial charge on any atom is -0.507 e. The van der Waals surface area contributed by atoms with Crippen LogP contribution < -0.4 is 5.32 Å². The van der Waals surface area contributed by atoms with Crippen LogP contribution in [0.5, 0.6) is 5.75 Å². The van der Waals surface area contributed by atoms with Crippen molar-refractivity contribution in [1.82, 2.24) is 0 Å². The molecule has 1 heterocycles. The maximum absolute atomic E-state index is 12.8. The van der Waals surface area contributed by atoms with Crippen molar-refractivity contribution in [3.05, 3.63) is 51.5 Å². The predicted octanol–water partition coefficient (Wildman–Crippen LogP) is 5.49. The van der Waals surface area contributed by atoms with Gasteiger partial charge < -0.3 is 10.4 Å². The van der Waals surface area contributed by atoms with Gasteiger partial charge in [-0.05, 0) is 42.2 Å². The molecule has 162 valence electrons. The predicted molar refractivity (Wildman–Crippen MR) is 110 cm³/mol. The standard InChI is InChI=1S/C20H20ClF3N2O3S/c1-10-14(21)8-13(19(2,3)4)17(27)16(10)18-25-9-11-7-12(5-6-15(11)26-18)30(28,29)20(22,23)24/h5-9,18,26-27H,1-4H3. The molecule has 0 aromatic heterocycles. The third-order valence-corrected chi connectivity index (χ3v) is 6.79. The van der Waals surface area contributed by atoms with Gasteiger partial charge in [0.15, 0.2) is 0 Å². The van der Waals surface area contributed by atoms with Crippen LogP contribution in [0.25, 0.3) is 0 Å². The average molecular weight is 461 g/mol. The highest BCUT2D eigenvalue weighted by Gasteiger charge is 2.47. The molecule has 5 nitrogen and oxygen atoms in total. The lowest BCUT2D eigenvalue weighted by molar-refractivity contribution is -0.0436. The lowest BCUT2D eigenvalue weighted by atomic mass is 9.83. The highest BCUT2D eigenvalue weighted by Crippen LogP contribution is 2.43. The summed E-state index contributed by atoms with van der Waals surface area (Å²) in [6.07, 6.45) is 0.532. The van der Waals surface area contributed by atoms with E-state index < -0.39 is 31.8 Å². The van der Waals surface area contributed by atoms with Crippen molar-refractivity contribution in [1.29, 1.82) is 0 Å². The summed E-state index contributed by atoms with van der Waals surface area (Å²) in [7, 11) is -5.46. The number of nitrogens with one attached hydrogen (secondary N) is 1. The number of sulfone groups is 1. The van der Waals surface area contributed by atoms with Gasteiger partial charge in [-0.2, -0.15) is 13.2 Å². The molecule has 1 aliphatic rings. The van der Waals surface area contributed by atoms with Gasteiger partial charge in [0.25, 0.3) is 9.84 Å². The SMILES string of the molecule is Cc1c(Cl)cc(C(C)(C)C)c(O)c1C1N=Cc2cc(S(=O)(=O)C(F)(F)F)ccc2N1. The van der Waals surface area contributed by atoms with Gasteiger partial charge in [0.1, 0.15) is 11.9 Å². The van der Waals surface area contributed by atoms with Crippen molar-refractivity contribution in [2.45, 2.75) is 49.7 Å². The van der Waals surface area contributed by atoms with E-state index in [1.807, 2.05) is 20.8 Å². The molecule has 0 spiro atoms. The summed E-state index contributed by atoms with van der Waals surface area (Å²) >= 11 is 6.37. The first-order valence-electron chi connectivity index (χ1n) is 8.92. The van der Waals surface area contributed by atoms with Gasteiger partial charge in [-0.1, -0.05) is 32.4 Å². The molecule has 2 N–H and O–H groups in total. The highest BCUT2D eigenvalue weighted by atomic mass is 35.5. The third-order valence-electron chi connectivity index (χ3n) is 4.92. The summed E-state index contributed by atoms with van der Waals surface area (Å²) in [4.78, 5) is 3.42. The zero-order valence-corrected chi connectivity index (χ0v) is 18.2. The number of hydrogen-bond donors (Lipinski definition) is 2. The largest absolute Gasteiger partial charge is 0.507 e. The zero-order chi connectivity index (χ0) is 22.6. The zero-order valence-electron chi connectivity index (χ0n) is 16.6. The molecule has 2 aromatic carbocycles. The number of aliphatic imine (C=N–C) groups is 1. The van der Waals surface area contributed by atoms with Gasteiger partial charge in [-0.15, -0.1) is 0 Å². The molecule has 10 heteroatoms. The van der Waals surface area contributed by atoms with Gasteiger partial charge in [-0.25, -0.2) is 8.42 Å². The number of halogens is 4. The Bertz CT molecular complexity index is 1150. The third kappa shape index (κ3) is 3.76. The van der Waals surface area contributed by atoms with Crippen LogP contribution in [-0.4, -0.2) is 25.2 Å². The van der Waals surface area contributed by atoms with Crippen LogP contribution in [0.1, 0.15) is 49.2 Å². The number of anilines is 1. The number of nitrogens with zero attached hydrogens (tertiary/aromatic N) is 1. The Balaban J connectivity index is 2.06. The first kappa shape index (κ1) is 22.4. The Morgan fingerprint density at radius 2 is 1.80 bits per heavy atom. The van der Waals surface area contributed by atoms with E-state index >= 15 is 0 Å². The van der Waals surface area contributed by atoms with Crippen molar-refractivity contribution in [3.8, 4) is 5.75 Å². The van der Waals surface area contributed by atoms with Crippen LogP contribution in [0, 0.1) is 6.92 Å². The van der Waals surface area contributed by atoms with Gasteiger partial charge in [0.05, 0.1) is 4.90 Å². The maximum Gasteiger partial charge on any atom is 0.501 e. The summed E-state index contributed by atoms with van der Waals surface area (Å²) in [6.45, 7) is 7.50. The molecule has 0 amide bonds. The molecule has 0 bridgehead atoms. The van der Waals surface area contributed by atoms with Crippen molar-refractivity contribution in [2.24, 2.45) is 4.99 Å². The molecule has 0 saturated carbocycles. The second-order valence-electron chi connectivity index (χ2n) is 8.07. The first-order valence-corrected chi connectivity index (χ1v) is 10.8. The molecular weight excluding hydrogens is 441 g/mol. The molecule has 1 unspecified atom stereocenters. The fourth-order valence-electron chi connectivity index (χ4n) is 3.23. The molecule has 0 fully saturated rings. The van der Waals surface area contributed by atoms with Crippen LogP contribution in [0.2, 0.25) is 5.02 Å². The van der Waals surface area contributed by atoms with Crippen LogP contribution in [0.4, 0.5) is 18.9 Å². The molecule has 2 aromatic rings. The van der Waals surface area contributed by atoms with E-state index in [0.717, 1.165) is 12.1 Å². The summed E-state index contributed by atoms with van der Waals surface area (Å²) in [5.74, 6) is 0.0266. The van der Waals surface area contributed by atoms with Gasteiger partial charge in [-0.3, -0.25) is 4.99 Å². The average Bonchev–Trinajstić information content (AvgIpc) is 2.62. The summed E-state index contributed by atoms with van der Waals surface area (Å²) in [5, 5.41) is 14.4. The summed E-state index contributed by atoms with van der Waals surface area (Å²) < 4.78 is 61.7. The Labute approximate surface area is 177 Å². The van der Waals surface area contributed by atoms with Crippen LogP contribution >= 0.6 is 11.6 Å². The number of hydrogen-bond acceptors (Lipinski definition) is 5. The maximum atomic E-state index is 12.8. The second-order valence-corrected chi connectivity index (χ2v) is 10.4. The van der Waals surface area contributed by atoms with E-state index in [4.69, 9.17) is 11.6 Å². The van der Waals surface area contributed by atoms with E-state index in [1.54, 1.807) is 13.0 Å². The molecule has 0 radical (unpaired) electrons. The Morgan fingerprint density at radius 3 is 2.37 bits per heavy atom. The lowest BCUT2D eigenvalue weighted by Gasteiger charge is -2.28. The molecule has 30 heavy (non-hydrogen) atoms. The Kier molecular flexibility index (Phi) is 5.35. The van der Waals surface area contributed by atoms with Gasteiger partial charge in [0, 0.05) is 33.6 Å². The number of benzene rings is 2. The Hall–Kier alpha value is -2.26. The molecule has 0 aliphatic carbocycles.